The number of amides is 1. The smallest absolute Gasteiger partial charge is 0.237 e. The van der Waals surface area contributed by atoms with Crippen molar-refractivity contribution in [1.29, 1.82) is 0 Å². The van der Waals surface area contributed by atoms with Crippen molar-refractivity contribution in [3.63, 3.8) is 0 Å². The number of carbonyl (C=O) groups excluding carboxylic acids is 1. The molecule has 1 saturated heterocycles. The second-order valence-corrected chi connectivity index (χ2v) is 8.77. The molecule has 1 heterocycles. The van der Waals surface area contributed by atoms with Crippen LogP contribution in [-0.4, -0.2) is 50.2 Å². The Balaban J connectivity index is 1.75. The Kier molecular flexibility index (Phi) is 4.68. The van der Waals surface area contributed by atoms with E-state index >= 15 is 0 Å². The number of nitrogens with zero attached hydrogens (tertiary/aromatic N) is 1. The maximum Gasteiger partial charge on any atom is 0.237 e. The largest absolute Gasteiger partial charge is 0.385 e. The first kappa shape index (κ1) is 17.4. The lowest BCUT2D eigenvalue weighted by molar-refractivity contribution is -0.129. The number of aliphatic hydroxyl groups is 1. The lowest BCUT2D eigenvalue weighted by atomic mass is 9.67. The van der Waals surface area contributed by atoms with E-state index in [9.17, 15) is 18.3 Å². The molecule has 3 atom stereocenters. The summed E-state index contributed by atoms with van der Waals surface area (Å²) in [4.78, 5) is 14.0. The zero-order valence-electron chi connectivity index (χ0n) is 13.8. The summed E-state index contributed by atoms with van der Waals surface area (Å²) in [6.45, 7) is 0.840. The summed E-state index contributed by atoms with van der Waals surface area (Å²) in [6.07, 6.45) is 3.65. The summed E-state index contributed by atoms with van der Waals surface area (Å²) < 4.78 is 24.6. The molecule has 7 heteroatoms. The number of hydrogen-bond acceptors (Lipinski definition) is 4. The topological polar surface area (TPSA) is 86.7 Å². The molecule has 24 heavy (non-hydrogen) atoms. The maximum atomic E-state index is 12.3. The molecule has 2 aliphatic rings. The van der Waals surface area contributed by atoms with Gasteiger partial charge < -0.3 is 10.0 Å². The molecule has 2 N–H and O–H groups in total. The second-order valence-electron chi connectivity index (χ2n) is 6.94. The number of rotatable bonds is 4. The number of likely N-dealkylation sites (tertiary alicyclic amines) is 1. The molecule has 0 spiro atoms. The van der Waals surface area contributed by atoms with Crippen molar-refractivity contribution in [2.24, 2.45) is 11.8 Å². The van der Waals surface area contributed by atoms with Crippen LogP contribution in [0.2, 0.25) is 0 Å². The fraction of sp³-hybridized carbons (Fsp3) is 0.588. The van der Waals surface area contributed by atoms with Gasteiger partial charge in [0.05, 0.1) is 18.4 Å². The molecule has 3 rings (SSSR count). The molecule has 1 saturated carbocycles. The van der Waals surface area contributed by atoms with Crippen molar-refractivity contribution in [2.45, 2.75) is 24.9 Å². The van der Waals surface area contributed by atoms with Gasteiger partial charge in [0.25, 0.3) is 0 Å². The molecule has 1 aromatic rings. The molecule has 0 radical (unpaired) electrons. The number of fused-ring (bicyclic) bond motifs is 1. The zero-order chi connectivity index (χ0) is 17.4. The molecule has 1 aromatic carbocycles. The average molecular weight is 352 g/mol. The van der Waals surface area contributed by atoms with Crippen molar-refractivity contribution in [3.05, 3.63) is 35.9 Å². The first-order valence-electron chi connectivity index (χ1n) is 8.30. The minimum Gasteiger partial charge on any atom is -0.385 e. The molecular weight excluding hydrogens is 328 g/mol. The van der Waals surface area contributed by atoms with Gasteiger partial charge in [0.15, 0.2) is 0 Å². The molecule has 6 nitrogen and oxygen atoms in total. The van der Waals surface area contributed by atoms with Crippen molar-refractivity contribution in [2.75, 3.05) is 25.9 Å². The maximum absolute atomic E-state index is 12.3. The van der Waals surface area contributed by atoms with E-state index in [4.69, 9.17) is 0 Å². The molecule has 2 fully saturated rings. The van der Waals surface area contributed by atoms with E-state index in [0.717, 1.165) is 24.7 Å². The van der Waals surface area contributed by atoms with Crippen LogP contribution < -0.4 is 4.72 Å². The van der Waals surface area contributed by atoms with Crippen LogP contribution >= 0.6 is 0 Å². The number of carbonyl (C=O) groups is 1. The highest BCUT2D eigenvalue weighted by Crippen LogP contribution is 2.48. The van der Waals surface area contributed by atoms with Crippen LogP contribution in [0.25, 0.3) is 0 Å². The predicted molar refractivity (Wildman–Crippen MR) is 90.6 cm³/mol. The molecule has 0 bridgehead atoms. The Morgan fingerprint density at radius 3 is 2.71 bits per heavy atom. The first-order chi connectivity index (χ1) is 11.3. The van der Waals surface area contributed by atoms with Crippen LogP contribution in [0.5, 0.6) is 0 Å². The number of nitrogens with one attached hydrogen (secondary N) is 1. The predicted octanol–water partition coefficient (Wildman–Crippen LogP) is 0.682. The lowest BCUT2D eigenvalue weighted by Gasteiger charge is -2.41. The Morgan fingerprint density at radius 1 is 1.33 bits per heavy atom. The van der Waals surface area contributed by atoms with Gasteiger partial charge >= 0.3 is 0 Å². The standard InChI is InChI=1S/C17H24N2O4S/c1-24(22,23)18-10-16(20)19-11-13-6-5-9-17(21,15(13)12-19)14-7-3-2-4-8-14/h2-4,7-8,13,15,18,21H,5-6,9-12H2,1H3/t13-,15+,17+/m0/s1. The van der Waals surface area contributed by atoms with Gasteiger partial charge in [-0.05, 0) is 30.7 Å². The molecular formula is C17H24N2O4S. The summed E-state index contributed by atoms with van der Waals surface area (Å²) in [5.74, 6) is 0.0206. The van der Waals surface area contributed by atoms with E-state index in [-0.39, 0.29) is 24.3 Å². The Morgan fingerprint density at radius 2 is 2.04 bits per heavy atom. The summed E-state index contributed by atoms with van der Waals surface area (Å²) in [5, 5.41) is 11.3. The van der Waals surface area contributed by atoms with Crippen LogP contribution in [0.15, 0.2) is 30.3 Å². The molecule has 0 unspecified atom stereocenters. The third-order valence-corrected chi connectivity index (χ3v) is 5.97. The molecule has 0 aromatic heterocycles. The van der Waals surface area contributed by atoms with Gasteiger partial charge in [-0.2, -0.15) is 0 Å². The third kappa shape index (κ3) is 3.48. The van der Waals surface area contributed by atoms with Gasteiger partial charge in [-0.3, -0.25) is 4.79 Å². The fourth-order valence-electron chi connectivity index (χ4n) is 4.12. The van der Waals surface area contributed by atoms with Crippen molar-refractivity contribution < 1.29 is 18.3 Å². The summed E-state index contributed by atoms with van der Waals surface area (Å²) in [7, 11) is -3.39. The summed E-state index contributed by atoms with van der Waals surface area (Å²) in [5.41, 5.74) is -0.00743. The summed E-state index contributed by atoms with van der Waals surface area (Å²) in [6, 6.07) is 9.65. The first-order valence-corrected chi connectivity index (χ1v) is 10.2. The monoisotopic (exact) mass is 352 g/mol. The molecule has 1 aliphatic heterocycles. The Hall–Kier alpha value is -1.44. The molecule has 1 aliphatic carbocycles. The summed E-state index contributed by atoms with van der Waals surface area (Å²) >= 11 is 0. The van der Waals surface area contributed by atoms with E-state index in [1.807, 2.05) is 30.3 Å². The third-order valence-electron chi connectivity index (χ3n) is 5.30. The van der Waals surface area contributed by atoms with Crippen molar-refractivity contribution >= 4 is 15.9 Å². The van der Waals surface area contributed by atoms with Gasteiger partial charge in [0, 0.05) is 19.0 Å². The number of sulfonamides is 1. The van der Waals surface area contributed by atoms with Crippen LogP contribution in [0, 0.1) is 11.8 Å². The average Bonchev–Trinajstić information content (AvgIpc) is 2.99. The normalized spacial score (nSPS) is 30.2. The van der Waals surface area contributed by atoms with E-state index < -0.39 is 15.6 Å². The van der Waals surface area contributed by atoms with Crippen LogP contribution in [-0.2, 0) is 20.4 Å². The van der Waals surface area contributed by atoms with Gasteiger partial charge in [0.1, 0.15) is 0 Å². The minimum absolute atomic E-state index is 0.00386. The van der Waals surface area contributed by atoms with E-state index in [1.54, 1.807) is 4.90 Å². The Bertz CT molecular complexity index is 707. The van der Waals surface area contributed by atoms with Gasteiger partial charge in [-0.15, -0.1) is 0 Å². The van der Waals surface area contributed by atoms with Crippen molar-refractivity contribution in [1.82, 2.24) is 9.62 Å². The van der Waals surface area contributed by atoms with Gasteiger partial charge in [0.2, 0.25) is 15.9 Å². The van der Waals surface area contributed by atoms with Gasteiger partial charge in [-0.25, -0.2) is 13.1 Å². The highest BCUT2D eigenvalue weighted by atomic mass is 32.2. The minimum atomic E-state index is -3.39. The Labute approximate surface area is 142 Å². The lowest BCUT2D eigenvalue weighted by Crippen LogP contribution is -2.43. The highest BCUT2D eigenvalue weighted by molar-refractivity contribution is 7.88. The van der Waals surface area contributed by atoms with Crippen LogP contribution in [0.4, 0.5) is 0 Å². The zero-order valence-corrected chi connectivity index (χ0v) is 14.6. The van der Waals surface area contributed by atoms with Gasteiger partial charge in [-0.1, -0.05) is 30.3 Å². The highest BCUT2D eigenvalue weighted by Gasteiger charge is 2.50. The van der Waals surface area contributed by atoms with Crippen molar-refractivity contribution in [3.8, 4) is 0 Å². The second kappa shape index (κ2) is 6.46. The molecule has 132 valence electrons. The number of hydrogen-bond donors (Lipinski definition) is 2. The number of benzene rings is 1. The van der Waals surface area contributed by atoms with Crippen LogP contribution in [0.3, 0.4) is 0 Å². The SMILES string of the molecule is CS(=O)(=O)NCC(=O)N1C[C@@H]2CCC[C@@](O)(c3ccccc3)[C@@H]2C1. The quantitative estimate of drug-likeness (QED) is 0.834. The van der Waals surface area contributed by atoms with Crippen LogP contribution in [0.1, 0.15) is 24.8 Å². The van der Waals surface area contributed by atoms with E-state index in [0.29, 0.717) is 19.5 Å². The van der Waals surface area contributed by atoms with E-state index in [1.165, 1.54) is 0 Å². The fourth-order valence-corrected chi connectivity index (χ4v) is 4.50. The van der Waals surface area contributed by atoms with E-state index in [2.05, 4.69) is 4.72 Å². The molecule has 1 amide bonds.